The maximum Gasteiger partial charge on any atom is 0.136 e. The van der Waals surface area contributed by atoms with Gasteiger partial charge in [-0.05, 0) is 30.8 Å². The van der Waals surface area contributed by atoms with E-state index in [0.717, 1.165) is 18.1 Å². The number of furan rings is 1. The molecule has 2 rings (SSSR count). The topological polar surface area (TPSA) is 25.2 Å². The van der Waals surface area contributed by atoms with Crippen LogP contribution in [0.3, 0.4) is 0 Å². The molecule has 1 atom stereocenters. The predicted octanol–water partition coefficient (Wildman–Crippen LogP) is 3.86. The van der Waals surface area contributed by atoms with Crippen LogP contribution in [-0.4, -0.2) is 12.3 Å². The Labute approximate surface area is 111 Å². The van der Waals surface area contributed by atoms with Crippen LogP contribution in [0.1, 0.15) is 18.7 Å². The standard InChI is InChI=1S/C14H16FNOS/c1-2-16-12(13-7-5-9-17-13)10-18-14-8-4-3-6-11(14)15/h3-9,12,16H,2,10H2,1H3. The third-order valence-corrected chi connectivity index (χ3v) is 3.72. The van der Waals surface area contributed by atoms with Crippen molar-refractivity contribution in [2.24, 2.45) is 0 Å². The number of nitrogens with one attached hydrogen (secondary N) is 1. The fraction of sp³-hybridized carbons (Fsp3) is 0.286. The summed E-state index contributed by atoms with van der Waals surface area (Å²) in [6.07, 6.45) is 1.66. The van der Waals surface area contributed by atoms with Crippen LogP contribution in [0.5, 0.6) is 0 Å². The van der Waals surface area contributed by atoms with Gasteiger partial charge in [0.1, 0.15) is 11.6 Å². The van der Waals surface area contributed by atoms with E-state index in [-0.39, 0.29) is 11.9 Å². The van der Waals surface area contributed by atoms with Gasteiger partial charge >= 0.3 is 0 Å². The lowest BCUT2D eigenvalue weighted by Gasteiger charge is -2.15. The Morgan fingerprint density at radius 1 is 1.28 bits per heavy atom. The van der Waals surface area contributed by atoms with Gasteiger partial charge in [-0.25, -0.2) is 4.39 Å². The molecule has 18 heavy (non-hydrogen) atoms. The summed E-state index contributed by atoms with van der Waals surface area (Å²) < 4.78 is 18.9. The molecule has 0 saturated carbocycles. The van der Waals surface area contributed by atoms with Crippen LogP contribution < -0.4 is 5.32 Å². The highest BCUT2D eigenvalue weighted by atomic mass is 32.2. The molecule has 0 bridgehead atoms. The lowest BCUT2D eigenvalue weighted by Crippen LogP contribution is -2.22. The molecule has 0 aliphatic carbocycles. The van der Waals surface area contributed by atoms with Gasteiger partial charge in [0, 0.05) is 10.6 Å². The molecule has 0 aliphatic rings. The highest BCUT2D eigenvalue weighted by Crippen LogP contribution is 2.26. The molecule has 0 aliphatic heterocycles. The Balaban J connectivity index is 2.00. The van der Waals surface area contributed by atoms with Crippen LogP contribution in [0.15, 0.2) is 52.0 Å². The van der Waals surface area contributed by atoms with E-state index in [0.29, 0.717) is 4.90 Å². The fourth-order valence-electron chi connectivity index (χ4n) is 1.71. The van der Waals surface area contributed by atoms with Crippen LogP contribution in [0.25, 0.3) is 0 Å². The molecule has 1 unspecified atom stereocenters. The molecule has 0 saturated heterocycles. The maximum absolute atomic E-state index is 13.5. The molecule has 2 nitrogen and oxygen atoms in total. The summed E-state index contributed by atoms with van der Waals surface area (Å²) in [7, 11) is 0. The van der Waals surface area contributed by atoms with E-state index in [4.69, 9.17) is 4.42 Å². The molecule has 0 radical (unpaired) electrons. The van der Waals surface area contributed by atoms with Gasteiger partial charge in [-0.3, -0.25) is 0 Å². The highest BCUT2D eigenvalue weighted by Gasteiger charge is 2.14. The monoisotopic (exact) mass is 265 g/mol. The summed E-state index contributed by atoms with van der Waals surface area (Å²) in [6, 6.07) is 10.7. The quantitative estimate of drug-likeness (QED) is 0.803. The second-order valence-corrected chi connectivity index (χ2v) is 4.93. The minimum absolute atomic E-state index is 0.106. The number of benzene rings is 1. The summed E-state index contributed by atoms with van der Waals surface area (Å²) in [4.78, 5) is 0.673. The number of rotatable bonds is 6. The Morgan fingerprint density at radius 3 is 2.78 bits per heavy atom. The maximum atomic E-state index is 13.5. The molecule has 0 fully saturated rings. The van der Waals surface area contributed by atoms with Crippen molar-refractivity contribution in [3.8, 4) is 0 Å². The first-order chi connectivity index (χ1) is 8.81. The summed E-state index contributed by atoms with van der Waals surface area (Å²) >= 11 is 1.50. The van der Waals surface area contributed by atoms with Crippen molar-refractivity contribution in [3.63, 3.8) is 0 Å². The zero-order valence-corrected chi connectivity index (χ0v) is 11.0. The van der Waals surface area contributed by atoms with Gasteiger partial charge in [0.25, 0.3) is 0 Å². The van der Waals surface area contributed by atoms with Crippen molar-refractivity contribution in [1.82, 2.24) is 5.32 Å². The Morgan fingerprint density at radius 2 is 2.11 bits per heavy atom. The number of thioether (sulfide) groups is 1. The average Bonchev–Trinajstić information content (AvgIpc) is 2.90. The van der Waals surface area contributed by atoms with E-state index in [2.05, 4.69) is 5.32 Å². The third kappa shape index (κ3) is 3.37. The molecule has 96 valence electrons. The predicted molar refractivity (Wildman–Crippen MR) is 72.2 cm³/mol. The van der Waals surface area contributed by atoms with Crippen LogP contribution in [-0.2, 0) is 0 Å². The molecular weight excluding hydrogens is 249 g/mol. The Kier molecular flexibility index (Phi) is 4.84. The third-order valence-electron chi connectivity index (χ3n) is 2.58. The minimum Gasteiger partial charge on any atom is -0.468 e. The van der Waals surface area contributed by atoms with E-state index in [9.17, 15) is 4.39 Å². The molecule has 1 aromatic heterocycles. The van der Waals surface area contributed by atoms with Crippen LogP contribution in [0.2, 0.25) is 0 Å². The summed E-state index contributed by atoms with van der Waals surface area (Å²) in [5, 5.41) is 3.34. The average molecular weight is 265 g/mol. The number of halogens is 1. The number of hydrogen-bond donors (Lipinski definition) is 1. The van der Waals surface area contributed by atoms with Gasteiger partial charge in [0.2, 0.25) is 0 Å². The smallest absolute Gasteiger partial charge is 0.136 e. The second kappa shape index (κ2) is 6.61. The summed E-state index contributed by atoms with van der Waals surface area (Å²) in [5.41, 5.74) is 0. The lowest BCUT2D eigenvalue weighted by molar-refractivity contribution is 0.441. The van der Waals surface area contributed by atoms with Crippen LogP contribution in [0.4, 0.5) is 4.39 Å². The van der Waals surface area contributed by atoms with Gasteiger partial charge in [-0.2, -0.15) is 0 Å². The molecule has 1 heterocycles. The Bertz CT molecular complexity index is 472. The summed E-state index contributed by atoms with van der Waals surface area (Å²) in [5.74, 6) is 1.46. The van der Waals surface area contributed by atoms with E-state index in [1.54, 1.807) is 18.4 Å². The van der Waals surface area contributed by atoms with E-state index < -0.39 is 0 Å². The van der Waals surface area contributed by atoms with Gasteiger partial charge in [0.15, 0.2) is 0 Å². The van der Waals surface area contributed by atoms with Crippen molar-refractivity contribution in [2.45, 2.75) is 17.9 Å². The van der Waals surface area contributed by atoms with Crippen LogP contribution in [0, 0.1) is 5.82 Å². The van der Waals surface area contributed by atoms with Gasteiger partial charge in [-0.1, -0.05) is 19.1 Å². The van der Waals surface area contributed by atoms with E-state index >= 15 is 0 Å². The fourth-order valence-corrected chi connectivity index (χ4v) is 2.72. The van der Waals surface area contributed by atoms with Crippen molar-refractivity contribution >= 4 is 11.8 Å². The molecular formula is C14H16FNOS. The largest absolute Gasteiger partial charge is 0.468 e. The van der Waals surface area contributed by atoms with Crippen molar-refractivity contribution < 1.29 is 8.81 Å². The van der Waals surface area contributed by atoms with Gasteiger partial charge in [-0.15, -0.1) is 11.8 Å². The van der Waals surface area contributed by atoms with Crippen LogP contribution >= 0.6 is 11.8 Å². The normalized spacial score (nSPS) is 12.6. The number of hydrogen-bond acceptors (Lipinski definition) is 3. The first-order valence-corrected chi connectivity index (χ1v) is 6.94. The van der Waals surface area contributed by atoms with Gasteiger partial charge < -0.3 is 9.73 Å². The van der Waals surface area contributed by atoms with Crippen molar-refractivity contribution in [2.75, 3.05) is 12.3 Å². The molecule has 1 aromatic carbocycles. The van der Waals surface area contributed by atoms with Gasteiger partial charge in [0.05, 0.1) is 12.3 Å². The van der Waals surface area contributed by atoms with E-state index in [1.165, 1.54) is 17.8 Å². The molecule has 0 spiro atoms. The second-order valence-electron chi connectivity index (χ2n) is 3.87. The molecule has 0 amide bonds. The Hall–Kier alpha value is -1.26. The zero-order chi connectivity index (χ0) is 12.8. The summed E-state index contributed by atoms with van der Waals surface area (Å²) in [6.45, 7) is 2.90. The van der Waals surface area contributed by atoms with Crippen molar-refractivity contribution in [1.29, 1.82) is 0 Å². The molecule has 2 aromatic rings. The first-order valence-electron chi connectivity index (χ1n) is 5.95. The van der Waals surface area contributed by atoms with E-state index in [1.807, 2.05) is 25.1 Å². The molecule has 4 heteroatoms. The van der Waals surface area contributed by atoms with Crippen molar-refractivity contribution in [3.05, 3.63) is 54.2 Å². The first kappa shape index (κ1) is 13.2. The molecule has 1 N–H and O–H groups in total. The lowest BCUT2D eigenvalue weighted by atomic mass is 10.2. The highest BCUT2D eigenvalue weighted by molar-refractivity contribution is 7.99. The minimum atomic E-state index is -0.169. The SMILES string of the molecule is CCNC(CSc1ccccc1F)c1ccco1. The zero-order valence-electron chi connectivity index (χ0n) is 10.2.